The van der Waals surface area contributed by atoms with Crippen molar-refractivity contribution in [3.63, 3.8) is 0 Å². The topological polar surface area (TPSA) is 47.0 Å². The second-order valence-corrected chi connectivity index (χ2v) is 7.53. The quantitative estimate of drug-likeness (QED) is 0.837. The molecule has 5 heteroatoms. The predicted octanol–water partition coefficient (Wildman–Crippen LogP) is 0.778. The largest absolute Gasteiger partial charge is 0.389 e. The standard InChI is InChI=1S/C17H31N3O2/c1-18-10-12-19(13-11-18)8-5-16(21)20-9-7-17(22)6-3-2-4-15(17)14-20/h15,22H,2-14H2,1H3/t15-,17-/m0/s1. The molecular weight excluding hydrogens is 278 g/mol. The van der Waals surface area contributed by atoms with E-state index in [4.69, 9.17) is 0 Å². The van der Waals surface area contributed by atoms with E-state index in [-0.39, 0.29) is 5.91 Å². The summed E-state index contributed by atoms with van der Waals surface area (Å²) in [5.74, 6) is 0.592. The van der Waals surface area contributed by atoms with Gasteiger partial charge in [-0.1, -0.05) is 12.8 Å². The minimum absolute atomic E-state index is 0.284. The molecule has 0 spiro atoms. The van der Waals surface area contributed by atoms with Crippen LogP contribution >= 0.6 is 0 Å². The van der Waals surface area contributed by atoms with Crippen molar-refractivity contribution in [2.45, 2.75) is 44.1 Å². The number of carbonyl (C=O) groups is 1. The van der Waals surface area contributed by atoms with Crippen LogP contribution in [-0.2, 0) is 4.79 Å². The van der Waals surface area contributed by atoms with E-state index in [2.05, 4.69) is 16.8 Å². The third kappa shape index (κ3) is 3.63. The predicted molar refractivity (Wildman–Crippen MR) is 86.7 cm³/mol. The van der Waals surface area contributed by atoms with Crippen LogP contribution in [0.25, 0.3) is 0 Å². The second kappa shape index (κ2) is 6.85. The number of aliphatic hydroxyl groups is 1. The van der Waals surface area contributed by atoms with Crippen molar-refractivity contribution in [3.05, 3.63) is 0 Å². The minimum atomic E-state index is -0.480. The van der Waals surface area contributed by atoms with Crippen LogP contribution in [0.2, 0.25) is 0 Å². The van der Waals surface area contributed by atoms with Gasteiger partial charge in [0, 0.05) is 58.2 Å². The van der Waals surface area contributed by atoms with E-state index in [1.807, 2.05) is 4.90 Å². The molecule has 3 rings (SSSR count). The van der Waals surface area contributed by atoms with Crippen LogP contribution in [0.1, 0.15) is 38.5 Å². The van der Waals surface area contributed by atoms with Crippen LogP contribution < -0.4 is 0 Å². The molecule has 1 aliphatic carbocycles. The van der Waals surface area contributed by atoms with Gasteiger partial charge in [-0.3, -0.25) is 4.79 Å². The van der Waals surface area contributed by atoms with E-state index in [0.29, 0.717) is 12.3 Å². The lowest BCUT2D eigenvalue weighted by Gasteiger charge is -2.47. The first-order valence-electron chi connectivity index (χ1n) is 8.98. The summed E-state index contributed by atoms with van der Waals surface area (Å²) in [6.07, 6.45) is 5.77. The molecular formula is C17H31N3O2. The summed E-state index contributed by atoms with van der Waals surface area (Å²) in [7, 11) is 2.15. The molecule has 3 fully saturated rings. The fraction of sp³-hybridized carbons (Fsp3) is 0.941. The maximum atomic E-state index is 12.5. The Labute approximate surface area is 134 Å². The van der Waals surface area contributed by atoms with E-state index in [0.717, 1.165) is 71.5 Å². The number of likely N-dealkylation sites (tertiary alicyclic amines) is 1. The van der Waals surface area contributed by atoms with Gasteiger partial charge in [-0.05, 0) is 26.3 Å². The lowest BCUT2D eigenvalue weighted by atomic mass is 9.71. The molecule has 2 atom stereocenters. The molecule has 2 heterocycles. The molecule has 5 nitrogen and oxygen atoms in total. The fourth-order valence-corrected chi connectivity index (χ4v) is 4.28. The number of rotatable bonds is 3. The van der Waals surface area contributed by atoms with Crippen molar-refractivity contribution in [1.29, 1.82) is 0 Å². The van der Waals surface area contributed by atoms with Gasteiger partial charge in [0.05, 0.1) is 5.60 Å². The molecule has 1 N–H and O–H groups in total. The van der Waals surface area contributed by atoms with Crippen LogP contribution in [0, 0.1) is 5.92 Å². The Kier molecular flexibility index (Phi) is 5.05. The summed E-state index contributed by atoms with van der Waals surface area (Å²) in [6.45, 7) is 6.77. The van der Waals surface area contributed by atoms with E-state index < -0.39 is 5.60 Å². The summed E-state index contributed by atoms with van der Waals surface area (Å²) < 4.78 is 0. The summed E-state index contributed by atoms with van der Waals surface area (Å²) >= 11 is 0. The molecule has 22 heavy (non-hydrogen) atoms. The molecule has 0 aromatic rings. The van der Waals surface area contributed by atoms with Crippen molar-refractivity contribution >= 4 is 5.91 Å². The average Bonchev–Trinajstić information content (AvgIpc) is 2.53. The molecule has 0 bridgehead atoms. The number of piperidine rings is 1. The highest BCUT2D eigenvalue weighted by Crippen LogP contribution is 2.39. The van der Waals surface area contributed by atoms with E-state index in [1.165, 1.54) is 6.42 Å². The number of fused-ring (bicyclic) bond motifs is 1. The Morgan fingerprint density at radius 2 is 1.91 bits per heavy atom. The van der Waals surface area contributed by atoms with Gasteiger partial charge in [-0.15, -0.1) is 0 Å². The summed E-state index contributed by atoms with van der Waals surface area (Å²) in [5, 5.41) is 10.7. The zero-order valence-corrected chi connectivity index (χ0v) is 14.0. The highest BCUT2D eigenvalue weighted by molar-refractivity contribution is 5.76. The monoisotopic (exact) mass is 309 g/mol. The van der Waals surface area contributed by atoms with Gasteiger partial charge in [0.2, 0.25) is 5.91 Å². The summed E-state index contributed by atoms with van der Waals surface area (Å²) in [6, 6.07) is 0. The van der Waals surface area contributed by atoms with Gasteiger partial charge < -0.3 is 19.8 Å². The average molecular weight is 309 g/mol. The van der Waals surface area contributed by atoms with Crippen molar-refractivity contribution < 1.29 is 9.90 Å². The Hall–Kier alpha value is -0.650. The third-order valence-corrected chi connectivity index (χ3v) is 6.02. The van der Waals surface area contributed by atoms with Crippen molar-refractivity contribution in [2.24, 2.45) is 5.92 Å². The molecule has 0 aromatic heterocycles. The Balaban J connectivity index is 1.45. The molecule has 1 amide bonds. The molecule has 2 saturated heterocycles. The number of hydrogen-bond donors (Lipinski definition) is 1. The molecule has 0 radical (unpaired) electrons. The lowest BCUT2D eigenvalue weighted by Crippen LogP contribution is -2.55. The second-order valence-electron chi connectivity index (χ2n) is 7.53. The zero-order valence-electron chi connectivity index (χ0n) is 14.0. The summed E-state index contributed by atoms with van der Waals surface area (Å²) in [4.78, 5) is 19.2. The molecule has 0 unspecified atom stereocenters. The maximum Gasteiger partial charge on any atom is 0.223 e. The van der Waals surface area contributed by atoms with Gasteiger partial charge in [0.25, 0.3) is 0 Å². The van der Waals surface area contributed by atoms with Crippen molar-refractivity contribution in [3.8, 4) is 0 Å². The normalized spacial score (nSPS) is 34.5. The first kappa shape index (κ1) is 16.2. The number of carbonyl (C=O) groups excluding carboxylic acids is 1. The van der Waals surface area contributed by atoms with E-state index in [1.54, 1.807) is 0 Å². The van der Waals surface area contributed by atoms with Gasteiger partial charge >= 0.3 is 0 Å². The fourth-order valence-electron chi connectivity index (χ4n) is 4.28. The molecule has 0 aromatic carbocycles. The highest BCUT2D eigenvalue weighted by Gasteiger charge is 2.43. The maximum absolute atomic E-state index is 12.5. The Bertz CT molecular complexity index is 395. The number of nitrogens with zero attached hydrogens (tertiary/aromatic N) is 3. The SMILES string of the molecule is CN1CCN(CCC(=O)N2CC[C@@]3(O)CCCC[C@H]3C2)CC1. The van der Waals surface area contributed by atoms with Gasteiger partial charge in [0.15, 0.2) is 0 Å². The molecule has 3 aliphatic rings. The lowest BCUT2D eigenvalue weighted by molar-refractivity contribution is -0.143. The third-order valence-electron chi connectivity index (χ3n) is 6.02. The van der Waals surface area contributed by atoms with Crippen LogP contribution in [0.15, 0.2) is 0 Å². The van der Waals surface area contributed by atoms with Gasteiger partial charge in [0.1, 0.15) is 0 Å². The Morgan fingerprint density at radius 1 is 1.14 bits per heavy atom. The summed E-state index contributed by atoms with van der Waals surface area (Å²) in [5.41, 5.74) is -0.480. The van der Waals surface area contributed by atoms with Crippen molar-refractivity contribution in [1.82, 2.24) is 14.7 Å². The van der Waals surface area contributed by atoms with Crippen LogP contribution in [0.4, 0.5) is 0 Å². The molecule has 1 saturated carbocycles. The first-order valence-corrected chi connectivity index (χ1v) is 8.98. The van der Waals surface area contributed by atoms with Gasteiger partial charge in [-0.2, -0.15) is 0 Å². The molecule has 2 aliphatic heterocycles. The van der Waals surface area contributed by atoms with Crippen LogP contribution in [0.3, 0.4) is 0 Å². The zero-order chi connectivity index (χ0) is 15.6. The molecule has 126 valence electrons. The van der Waals surface area contributed by atoms with E-state index >= 15 is 0 Å². The Morgan fingerprint density at radius 3 is 2.68 bits per heavy atom. The van der Waals surface area contributed by atoms with Crippen LogP contribution in [0.5, 0.6) is 0 Å². The smallest absolute Gasteiger partial charge is 0.223 e. The highest BCUT2D eigenvalue weighted by atomic mass is 16.3. The van der Waals surface area contributed by atoms with Crippen LogP contribution in [-0.4, -0.2) is 84.2 Å². The number of hydrogen-bond acceptors (Lipinski definition) is 4. The number of likely N-dealkylation sites (N-methyl/N-ethyl adjacent to an activating group) is 1. The minimum Gasteiger partial charge on any atom is -0.389 e. The van der Waals surface area contributed by atoms with Crippen molar-refractivity contribution in [2.75, 3.05) is 52.9 Å². The van der Waals surface area contributed by atoms with E-state index in [9.17, 15) is 9.90 Å². The first-order chi connectivity index (χ1) is 10.6. The van der Waals surface area contributed by atoms with Gasteiger partial charge in [-0.25, -0.2) is 0 Å². The number of piperazine rings is 1. The number of amides is 1.